The molecule has 0 radical (unpaired) electrons. The Bertz CT molecular complexity index is 692. The first-order valence-corrected chi connectivity index (χ1v) is 8.44. The van der Waals surface area contributed by atoms with E-state index in [0.717, 1.165) is 20.2 Å². The first kappa shape index (κ1) is 16.2. The lowest BCUT2D eigenvalue weighted by molar-refractivity contribution is 0.0698. The van der Waals surface area contributed by atoms with E-state index in [0.29, 0.717) is 10.6 Å². The van der Waals surface area contributed by atoms with Crippen molar-refractivity contribution in [1.82, 2.24) is 0 Å². The quantitative estimate of drug-likeness (QED) is 0.729. The molecule has 0 unspecified atom stereocenters. The Morgan fingerprint density at radius 3 is 2.33 bits per heavy atom. The molecule has 0 aliphatic heterocycles. The summed E-state index contributed by atoms with van der Waals surface area (Å²) in [5, 5.41) is 12.2. The number of benzene rings is 1. The van der Waals surface area contributed by atoms with E-state index in [1.807, 2.05) is 13.0 Å². The van der Waals surface area contributed by atoms with Gasteiger partial charge in [-0.2, -0.15) is 0 Å². The Balaban J connectivity index is 2.30. The average Bonchev–Trinajstić information content (AvgIpc) is 2.80. The Kier molecular flexibility index (Phi) is 5.18. The molecule has 1 heterocycles. The van der Waals surface area contributed by atoms with Gasteiger partial charge in [0.15, 0.2) is 0 Å². The third kappa shape index (κ3) is 3.93. The number of aryl methyl sites for hydroxylation is 1. The average molecular weight is 433 g/mol. The monoisotopic (exact) mass is 431 g/mol. The maximum atomic E-state index is 12.3. The van der Waals surface area contributed by atoms with Gasteiger partial charge in [-0.3, -0.25) is 4.79 Å². The molecule has 1 aromatic heterocycles. The van der Waals surface area contributed by atoms with Crippen LogP contribution in [0.3, 0.4) is 0 Å². The smallest absolute Gasteiger partial charge is 0.338 e. The summed E-state index contributed by atoms with van der Waals surface area (Å²) in [6.45, 7) is 1.94. The summed E-state index contributed by atoms with van der Waals surface area (Å²) in [6, 6.07) is 6.77. The SMILES string of the molecule is CCc1cc(C(=O)O)c(NC(=O)c2cc(Br)cc(Br)c2)s1. The summed E-state index contributed by atoms with van der Waals surface area (Å²) in [5.74, 6) is -1.39. The number of carboxylic acid groups (broad SMARTS) is 1. The van der Waals surface area contributed by atoms with Crippen LogP contribution in [-0.2, 0) is 6.42 Å². The van der Waals surface area contributed by atoms with E-state index in [2.05, 4.69) is 37.2 Å². The minimum Gasteiger partial charge on any atom is -0.478 e. The Morgan fingerprint density at radius 2 is 1.81 bits per heavy atom. The van der Waals surface area contributed by atoms with E-state index in [9.17, 15) is 14.7 Å². The molecule has 2 aromatic rings. The molecule has 110 valence electrons. The number of hydrogen-bond acceptors (Lipinski definition) is 3. The predicted octanol–water partition coefficient (Wildman–Crippen LogP) is 4.79. The van der Waals surface area contributed by atoms with Crippen molar-refractivity contribution in [2.45, 2.75) is 13.3 Å². The van der Waals surface area contributed by atoms with Crippen molar-refractivity contribution in [2.24, 2.45) is 0 Å². The molecule has 7 heteroatoms. The number of carbonyl (C=O) groups excluding carboxylic acids is 1. The highest BCUT2D eigenvalue weighted by Gasteiger charge is 2.17. The molecule has 0 atom stereocenters. The number of carboxylic acids is 1. The summed E-state index contributed by atoms with van der Waals surface area (Å²) < 4.78 is 1.53. The number of hydrogen-bond donors (Lipinski definition) is 2. The van der Waals surface area contributed by atoms with E-state index < -0.39 is 5.97 Å². The van der Waals surface area contributed by atoms with Gasteiger partial charge in [-0.05, 0) is 30.7 Å². The minimum absolute atomic E-state index is 0.124. The van der Waals surface area contributed by atoms with Crippen LogP contribution in [0.5, 0.6) is 0 Å². The lowest BCUT2D eigenvalue weighted by Gasteiger charge is -2.05. The van der Waals surface area contributed by atoms with Crippen molar-refractivity contribution >= 4 is 60.1 Å². The van der Waals surface area contributed by atoms with E-state index in [-0.39, 0.29) is 11.5 Å². The van der Waals surface area contributed by atoms with Gasteiger partial charge >= 0.3 is 5.97 Å². The third-order valence-corrected chi connectivity index (χ3v) is 4.82. The van der Waals surface area contributed by atoms with Crippen molar-refractivity contribution in [1.29, 1.82) is 0 Å². The minimum atomic E-state index is -1.04. The summed E-state index contributed by atoms with van der Waals surface area (Å²) in [7, 11) is 0. The summed E-state index contributed by atoms with van der Waals surface area (Å²) in [4.78, 5) is 24.4. The molecule has 2 N–H and O–H groups in total. The second-order valence-corrected chi connectivity index (χ2v) is 7.19. The molecular weight excluding hydrogens is 422 g/mol. The van der Waals surface area contributed by atoms with Gasteiger partial charge in [0.05, 0.1) is 5.56 Å². The number of rotatable bonds is 4. The zero-order valence-electron chi connectivity index (χ0n) is 10.9. The lowest BCUT2D eigenvalue weighted by atomic mass is 10.2. The van der Waals surface area contributed by atoms with Crippen LogP contribution in [0.4, 0.5) is 5.00 Å². The van der Waals surface area contributed by atoms with Gasteiger partial charge < -0.3 is 10.4 Å². The summed E-state index contributed by atoms with van der Waals surface area (Å²) in [5.41, 5.74) is 0.568. The largest absolute Gasteiger partial charge is 0.478 e. The van der Waals surface area contributed by atoms with Gasteiger partial charge in [-0.15, -0.1) is 11.3 Å². The van der Waals surface area contributed by atoms with Crippen LogP contribution >= 0.6 is 43.2 Å². The van der Waals surface area contributed by atoms with E-state index in [4.69, 9.17) is 0 Å². The number of nitrogens with one attached hydrogen (secondary N) is 1. The lowest BCUT2D eigenvalue weighted by Crippen LogP contribution is -2.13. The molecule has 0 spiro atoms. The van der Waals surface area contributed by atoms with Crippen molar-refractivity contribution in [2.75, 3.05) is 5.32 Å². The van der Waals surface area contributed by atoms with Gasteiger partial charge in [0.25, 0.3) is 5.91 Å². The van der Waals surface area contributed by atoms with Crippen LogP contribution in [0.25, 0.3) is 0 Å². The number of aromatic carboxylic acids is 1. The molecule has 4 nitrogen and oxygen atoms in total. The zero-order chi connectivity index (χ0) is 15.6. The molecule has 0 bridgehead atoms. The van der Waals surface area contributed by atoms with Crippen LogP contribution in [0.2, 0.25) is 0 Å². The molecule has 0 aliphatic carbocycles. The molecular formula is C14H11Br2NO3S. The molecule has 0 aliphatic rings. The highest BCUT2D eigenvalue weighted by atomic mass is 79.9. The number of anilines is 1. The number of carbonyl (C=O) groups is 2. The fourth-order valence-electron chi connectivity index (χ4n) is 1.73. The number of thiophene rings is 1. The molecule has 0 saturated carbocycles. The Morgan fingerprint density at radius 1 is 1.19 bits per heavy atom. The maximum absolute atomic E-state index is 12.3. The van der Waals surface area contributed by atoms with E-state index in [1.54, 1.807) is 18.2 Å². The van der Waals surface area contributed by atoms with Crippen LogP contribution < -0.4 is 5.32 Å². The van der Waals surface area contributed by atoms with E-state index in [1.165, 1.54) is 11.3 Å². The second kappa shape index (κ2) is 6.72. The highest BCUT2D eigenvalue weighted by Crippen LogP contribution is 2.29. The van der Waals surface area contributed by atoms with Crippen LogP contribution in [0.1, 0.15) is 32.5 Å². The third-order valence-electron chi connectivity index (χ3n) is 2.71. The number of halogens is 2. The van der Waals surface area contributed by atoms with Gasteiger partial charge in [-0.25, -0.2) is 4.79 Å². The first-order valence-electron chi connectivity index (χ1n) is 6.04. The van der Waals surface area contributed by atoms with Crippen molar-refractivity contribution in [3.8, 4) is 0 Å². The fourth-order valence-corrected chi connectivity index (χ4v) is 4.01. The first-order chi connectivity index (χ1) is 9.90. The number of amides is 1. The van der Waals surface area contributed by atoms with Crippen molar-refractivity contribution in [3.63, 3.8) is 0 Å². The van der Waals surface area contributed by atoms with E-state index >= 15 is 0 Å². The topological polar surface area (TPSA) is 66.4 Å². The maximum Gasteiger partial charge on any atom is 0.338 e. The van der Waals surface area contributed by atoms with Gasteiger partial charge in [0, 0.05) is 19.4 Å². The Labute approximate surface area is 142 Å². The summed E-state index contributed by atoms with van der Waals surface area (Å²) in [6.07, 6.45) is 0.725. The van der Waals surface area contributed by atoms with Gasteiger partial charge in [0.2, 0.25) is 0 Å². The fraction of sp³-hybridized carbons (Fsp3) is 0.143. The zero-order valence-corrected chi connectivity index (χ0v) is 14.9. The Hall–Kier alpha value is -1.18. The molecule has 0 saturated heterocycles. The van der Waals surface area contributed by atoms with Gasteiger partial charge in [0.1, 0.15) is 5.00 Å². The molecule has 21 heavy (non-hydrogen) atoms. The van der Waals surface area contributed by atoms with Gasteiger partial charge in [-0.1, -0.05) is 38.8 Å². The second-order valence-electron chi connectivity index (χ2n) is 4.23. The predicted molar refractivity (Wildman–Crippen MR) is 90.5 cm³/mol. The summed E-state index contributed by atoms with van der Waals surface area (Å²) >= 11 is 7.92. The van der Waals surface area contributed by atoms with Crippen molar-refractivity contribution < 1.29 is 14.7 Å². The van der Waals surface area contributed by atoms with Crippen LogP contribution in [-0.4, -0.2) is 17.0 Å². The molecule has 0 fully saturated rings. The molecule has 2 rings (SSSR count). The van der Waals surface area contributed by atoms with Crippen LogP contribution in [0.15, 0.2) is 33.2 Å². The van der Waals surface area contributed by atoms with Crippen LogP contribution in [0, 0.1) is 0 Å². The highest BCUT2D eigenvalue weighted by molar-refractivity contribution is 9.11. The normalized spacial score (nSPS) is 10.4. The standard InChI is InChI=1S/C14H11Br2NO3S/c1-2-10-6-11(14(19)20)13(21-10)17-12(18)7-3-8(15)5-9(16)4-7/h3-6H,2H2,1H3,(H,17,18)(H,19,20). The van der Waals surface area contributed by atoms with Crippen molar-refractivity contribution in [3.05, 3.63) is 49.2 Å². The molecule has 1 amide bonds. The molecule has 1 aromatic carbocycles.